The van der Waals surface area contributed by atoms with Gasteiger partial charge in [0.25, 0.3) is 0 Å². The number of hydrogen-bond acceptors (Lipinski definition) is 0. The Balaban J connectivity index is 1.47. The third-order valence-corrected chi connectivity index (χ3v) is 13.5. The van der Waals surface area contributed by atoms with Crippen molar-refractivity contribution in [2.75, 3.05) is 0 Å². The van der Waals surface area contributed by atoms with E-state index in [1.54, 1.807) is 0 Å². The van der Waals surface area contributed by atoms with Crippen LogP contribution >= 0.6 is 0 Å². The van der Waals surface area contributed by atoms with E-state index in [2.05, 4.69) is 243 Å². The molecule has 13 aromatic rings. The van der Waals surface area contributed by atoms with E-state index in [4.69, 9.17) is 0 Å². The van der Waals surface area contributed by atoms with Crippen LogP contribution in [0.3, 0.4) is 0 Å². The van der Waals surface area contributed by atoms with Gasteiger partial charge in [-0.2, -0.15) is 0 Å². The molecule has 0 aliphatic heterocycles. The first-order valence-corrected chi connectivity index (χ1v) is 22.3. The molecule has 64 heavy (non-hydrogen) atoms. The molecule has 0 amide bonds. The summed E-state index contributed by atoms with van der Waals surface area (Å²) in [6, 6.07) is 90.2. The fourth-order valence-electron chi connectivity index (χ4n) is 11.0. The lowest BCUT2D eigenvalue weighted by Crippen LogP contribution is -2.01. The summed E-state index contributed by atoms with van der Waals surface area (Å²) >= 11 is 0. The second kappa shape index (κ2) is 14.7. The fraction of sp³-hybridized carbons (Fsp3) is 0. The average molecular weight is 809 g/mol. The number of hydrogen-bond donors (Lipinski definition) is 0. The Bertz CT molecular complexity index is 3620. The smallest absolute Gasteiger partial charge is 0.0000929 e. The molecule has 0 fully saturated rings. The summed E-state index contributed by atoms with van der Waals surface area (Å²) in [4.78, 5) is 0. The van der Waals surface area contributed by atoms with Crippen LogP contribution in [0.1, 0.15) is 0 Å². The number of benzene rings is 13. The Kier molecular flexibility index (Phi) is 8.32. The van der Waals surface area contributed by atoms with E-state index in [1.807, 2.05) is 0 Å². The monoisotopic (exact) mass is 808 g/mol. The van der Waals surface area contributed by atoms with Crippen LogP contribution in [0, 0.1) is 0 Å². The normalized spacial score (nSPS) is 11.8. The van der Waals surface area contributed by atoms with Gasteiger partial charge in [0.2, 0.25) is 0 Å². The summed E-state index contributed by atoms with van der Waals surface area (Å²) in [6.07, 6.45) is 0. The van der Waals surface area contributed by atoms with Gasteiger partial charge in [-0.05, 0) is 131 Å². The molecular formula is C64H40. The minimum Gasteiger partial charge on any atom is -0.0622 e. The molecule has 0 atom stereocenters. The third-order valence-electron chi connectivity index (χ3n) is 13.5. The molecule has 0 nitrogen and oxygen atoms in total. The largest absolute Gasteiger partial charge is 0.0622 e. The molecule has 0 spiro atoms. The summed E-state index contributed by atoms with van der Waals surface area (Å²) in [5.74, 6) is 0. The summed E-state index contributed by atoms with van der Waals surface area (Å²) in [5, 5.41) is 15.3. The predicted molar refractivity (Wildman–Crippen MR) is 275 cm³/mol. The Hall–Kier alpha value is -8.32. The van der Waals surface area contributed by atoms with Crippen LogP contribution in [0.4, 0.5) is 0 Å². The van der Waals surface area contributed by atoms with Crippen molar-refractivity contribution >= 4 is 64.6 Å². The van der Waals surface area contributed by atoms with Gasteiger partial charge in [0.05, 0.1) is 0 Å². The van der Waals surface area contributed by atoms with Crippen molar-refractivity contribution in [3.63, 3.8) is 0 Å². The first-order valence-electron chi connectivity index (χ1n) is 22.3. The van der Waals surface area contributed by atoms with E-state index in [-0.39, 0.29) is 0 Å². The molecule has 0 saturated carbocycles. The summed E-state index contributed by atoms with van der Waals surface area (Å²) in [5.41, 5.74) is 14.6. The number of fused-ring (bicyclic) bond motifs is 5. The molecule has 0 aromatic heterocycles. The highest BCUT2D eigenvalue weighted by molar-refractivity contribution is 6.44. The lowest BCUT2D eigenvalue weighted by Gasteiger charge is -2.29. The standard InChI is InChI=1S/C64H40/c1-7-21-41(22-8-1)49-39-40-50(42-23-9-2-10-24-42)60-56(44-27-13-4-14-28-44)64-58(46-31-17-6-18-32-46)62-52-36-20-34-48-38-37-47-33-19-35-51(53(47)54(48)52)61(62)57(45-29-15-5-16-30-45)63(64)55(59(49)60)43-25-11-3-12-26-43/h1-40H. The van der Waals surface area contributed by atoms with E-state index < -0.39 is 0 Å². The highest BCUT2D eigenvalue weighted by Gasteiger charge is 2.31. The zero-order valence-corrected chi connectivity index (χ0v) is 35.1. The van der Waals surface area contributed by atoms with Crippen LogP contribution in [-0.2, 0) is 0 Å². The molecule has 0 heterocycles. The predicted octanol–water partition coefficient (Wildman–Crippen LogP) is 18.0. The maximum absolute atomic E-state index is 2.38. The molecule has 296 valence electrons. The summed E-state index contributed by atoms with van der Waals surface area (Å²) < 4.78 is 0. The molecular weight excluding hydrogens is 769 g/mol. The molecule has 13 aromatic carbocycles. The Morgan fingerprint density at radius 1 is 0.156 bits per heavy atom. The summed E-state index contributed by atoms with van der Waals surface area (Å²) in [7, 11) is 0. The zero-order chi connectivity index (χ0) is 42.1. The minimum atomic E-state index is 1.19. The molecule has 0 N–H and O–H groups in total. The molecule has 0 bridgehead atoms. The van der Waals surface area contributed by atoms with E-state index in [0.29, 0.717) is 0 Å². The van der Waals surface area contributed by atoms with Gasteiger partial charge in [0.15, 0.2) is 0 Å². The van der Waals surface area contributed by atoms with Crippen molar-refractivity contribution in [2.24, 2.45) is 0 Å². The molecule has 0 aliphatic carbocycles. The van der Waals surface area contributed by atoms with Crippen molar-refractivity contribution in [3.05, 3.63) is 243 Å². The Morgan fingerprint density at radius 2 is 0.438 bits per heavy atom. The lowest BCUT2D eigenvalue weighted by atomic mass is 9.73. The highest BCUT2D eigenvalue weighted by atomic mass is 14.3. The minimum absolute atomic E-state index is 1.19. The van der Waals surface area contributed by atoms with Gasteiger partial charge in [-0.3, -0.25) is 0 Å². The van der Waals surface area contributed by atoms with Crippen molar-refractivity contribution in [3.8, 4) is 66.8 Å². The van der Waals surface area contributed by atoms with Gasteiger partial charge in [-0.15, -0.1) is 0 Å². The van der Waals surface area contributed by atoms with Crippen LogP contribution in [0.25, 0.3) is 131 Å². The quantitative estimate of drug-likeness (QED) is 0.116. The Morgan fingerprint density at radius 3 is 0.750 bits per heavy atom. The van der Waals surface area contributed by atoms with E-state index in [1.165, 1.54) is 131 Å². The van der Waals surface area contributed by atoms with Crippen molar-refractivity contribution in [1.29, 1.82) is 0 Å². The molecule has 13 rings (SSSR count). The first kappa shape index (κ1) is 36.3. The van der Waals surface area contributed by atoms with Crippen LogP contribution in [0.5, 0.6) is 0 Å². The van der Waals surface area contributed by atoms with Crippen LogP contribution < -0.4 is 0 Å². The topological polar surface area (TPSA) is 0 Å². The van der Waals surface area contributed by atoms with Gasteiger partial charge in [0.1, 0.15) is 0 Å². The van der Waals surface area contributed by atoms with E-state index in [0.717, 1.165) is 0 Å². The van der Waals surface area contributed by atoms with Crippen LogP contribution in [0.15, 0.2) is 243 Å². The van der Waals surface area contributed by atoms with Gasteiger partial charge in [0, 0.05) is 0 Å². The average Bonchev–Trinajstić information content (AvgIpc) is 3.38. The van der Waals surface area contributed by atoms with Crippen molar-refractivity contribution < 1.29 is 0 Å². The van der Waals surface area contributed by atoms with Crippen molar-refractivity contribution in [1.82, 2.24) is 0 Å². The SMILES string of the molecule is c1ccc(-c2ccc(-c3ccccc3)c3c(-c4ccccc4)c4c(-c5ccccc5)c5c6cccc7ccc8cccc(c5c(-c5ccccc5)c4c(-c4ccccc4)c23)c8c76)cc1. The number of rotatable bonds is 6. The molecule has 0 unspecified atom stereocenters. The molecule has 0 saturated heterocycles. The highest BCUT2D eigenvalue weighted by Crippen LogP contribution is 2.59. The second-order valence-corrected chi connectivity index (χ2v) is 17.0. The first-order chi connectivity index (χ1) is 31.8. The van der Waals surface area contributed by atoms with Gasteiger partial charge in [-0.25, -0.2) is 0 Å². The van der Waals surface area contributed by atoms with E-state index >= 15 is 0 Å². The maximum Gasteiger partial charge on any atom is -0.0000929 e. The van der Waals surface area contributed by atoms with Gasteiger partial charge in [-0.1, -0.05) is 243 Å². The molecule has 0 aliphatic rings. The fourth-order valence-corrected chi connectivity index (χ4v) is 11.0. The van der Waals surface area contributed by atoms with Crippen LogP contribution in [0.2, 0.25) is 0 Å². The maximum atomic E-state index is 2.38. The third kappa shape index (κ3) is 5.43. The lowest BCUT2D eigenvalue weighted by molar-refractivity contribution is 1.61. The Labute approximate surface area is 372 Å². The zero-order valence-electron chi connectivity index (χ0n) is 35.1. The molecule has 0 radical (unpaired) electrons. The van der Waals surface area contributed by atoms with E-state index in [9.17, 15) is 0 Å². The summed E-state index contributed by atoms with van der Waals surface area (Å²) in [6.45, 7) is 0. The van der Waals surface area contributed by atoms with Gasteiger partial charge >= 0.3 is 0 Å². The van der Waals surface area contributed by atoms with Crippen molar-refractivity contribution in [2.45, 2.75) is 0 Å². The second-order valence-electron chi connectivity index (χ2n) is 17.0. The van der Waals surface area contributed by atoms with Crippen LogP contribution in [-0.4, -0.2) is 0 Å². The van der Waals surface area contributed by atoms with Gasteiger partial charge < -0.3 is 0 Å². The molecule has 0 heteroatoms.